The summed E-state index contributed by atoms with van der Waals surface area (Å²) in [5, 5.41) is 51.3. The molecule has 3 rings (SSSR count). The molecule has 0 aromatic rings. The fraction of sp³-hybridized carbons (Fsp3) is 0.944. The van der Waals surface area contributed by atoms with Crippen molar-refractivity contribution in [3.63, 3.8) is 0 Å². The van der Waals surface area contributed by atoms with Crippen molar-refractivity contribution in [1.29, 1.82) is 0 Å². The number of carboxylic acid groups (broad SMARTS) is 1. The largest absolute Gasteiger partial charge is 0.479 e. The molecule has 13 N–H and O–H groups in total. The molecular weight excluding hydrogens is 804 g/mol. The Labute approximate surface area is 286 Å². The first kappa shape index (κ1) is 43.9. The highest BCUT2D eigenvalue weighted by molar-refractivity contribution is 7.81. The summed E-state index contributed by atoms with van der Waals surface area (Å²) in [5.74, 6) is -2.11. The summed E-state index contributed by atoms with van der Waals surface area (Å²) in [5.41, 5.74) is 11.5. The number of aliphatic hydroxyl groups excluding tert-OH is 4. The third kappa shape index (κ3) is 12.0. The molecule has 0 bridgehead atoms. The molecule has 0 aromatic carbocycles. The molecule has 0 spiro atoms. The van der Waals surface area contributed by atoms with Crippen LogP contribution in [0.1, 0.15) is 0 Å². The van der Waals surface area contributed by atoms with Gasteiger partial charge >= 0.3 is 47.6 Å². The predicted molar refractivity (Wildman–Crippen MR) is 147 cm³/mol. The lowest BCUT2D eigenvalue weighted by atomic mass is 9.95. The Hall–Kier alpha value is -1.49. The van der Waals surface area contributed by atoms with Gasteiger partial charge in [0.1, 0.15) is 48.8 Å². The third-order valence-electron chi connectivity index (χ3n) is 7.04. The van der Waals surface area contributed by atoms with E-state index in [4.69, 9.17) is 44.3 Å². The van der Waals surface area contributed by atoms with E-state index in [0.717, 1.165) is 0 Å². The molecule has 51 heavy (non-hydrogen) atoms. The minimum absolute atomic E-state index is 1.19. The molecule has 0 amide bonds. The van der Waals surface area contributed by atoms with Gasteiger partial charge in [-0.25, -0.2) is 21.5 Å². The summed E-state index contributed by atoms with van der Waals surface area (Å²) in [7, 11) is -22.0. The van der Waals surface area contributed by atoms with Crippen molar-refractivity contribution in [2.75, 3.05) is 13.2 Å². The molecule has 15 atom stereocenters. The van der Waals surface area contributed by atoms with Gasteiger partial charge in [0, 0.05) is 0 Å². The van der Waals surface area contributed by atoms with Crippen LogP contribution in [0.3, 0.4) is 0 Å². The number of carbonyl (C=O) groups is 1. The van der Waals surface area contributed by atoms with Crippen molar-refractivity contribution in [3.8, 4) is 0 Å². The Kier molecular flexibility index (Phi) is 14.2. The summed E-state index contributed by atoms with van der Waals surface area (Å²) in [6.07, 6.45) is -30.9. The van der Waals surface area contributed by atoms with Crippen molar-refractivity contribution < 1.29 is 123 Å². The van der Waals surface area contributed by atoms with Gasteiger partial charge in [0.2, 0.25) is 0 Å². The summed E-state index contributed by atoms with van der Waals surface area (Å²) in [6, 6.07) is -4.12. The Morgan fingerprint density at radius 3 is 1.61 bits per heavy atom. The van der Waals surface area contributed by atoms with E-state index in [2.05, 4.69) is 16.7 Å². The summed E-state index contributed by atoms with van der Waals surface area (Å²) >= 11 is 0. The zero-order valence-corrected chi connectivity index (χ0v) is 28.0. The lowest BCUT2D eigenvalue weighted by Crippen LogP contribution is -2.69. The number of nitrogens with two attached hydrogens (primary N) is 2. The molecule has 3 aliphatic heterocycles. The van der Waals surface area contributed by atoms with Gasteiger partial charge in [0.05, 0.1) is 25.3 Å². The average molecular weight is 837 g/mol. The van der Waals surface area contributed by atoms with E-state index in [0.29, 0.717) is 0 Å². The van der Waals surface area contributed by atoms with Crippen molar-refractivity contribution in [3.05, 3.63) is 0 Å². The van der Waals surface area contributed by atoms with Crippen LogP contribution in [0.4, 0.5) is 0 Å². The molecule has 0 radical (unpaired) electrons. The van der Waals surface area contributed by atoms with Crippen molar-refractivity contribution in [2.24, 2.45) is 11.5 Å². The van der Waals surface area contributed by atoms with E-state index in [1.54, 1.807) is 0 Å². The van der Waals surface area contributed by atoms with Gasteiger partial charge in [-0.05, 0) is 0 Å². The van der Waals surface area contributed by atoms with Crippen LogP contribution in [0.2, 0.25) is 0 Å². The van der Waals surface area contributed by atoms with E-state index in [1.165, 1.54) is 0 Å². The molecule has 300 valence electrons. The molecule has 3 fully saturated rings. The second-order valence-electron chi connectivity index (χ2n) is 10.6. The lowest BCUT2D eigenvalue weighted by molar-refractivity contribution is -0.355. The van der Waals surface area contributed by atoms with Crippen LogP contribution < -0.4 is 11.5 Å². The topological polar surface area (TPSA) is 471 Å². The molecule has 3 saturated heterocycles. The molecule has 3 heterocycles. The van der Waals surface area contributed by atoms with E-state index in [9.17, 15) is 73.1 Å². The number of aliphatic hydroxyl groups is 4. The van der Waals surface area contributed by atoms with Crippen LogP contribution in [0, 0.1) is 0 Å². The lowest BCUT2D eigenvalue weighted by Gasteiger charge is -2.48. The van der Waals surface area contributed by atoms with Crippen LogP contribution >= 0.6 is 0 Å². The quantitative estimate of drug-likeness (QED) is 0.0682. The zero-order valence-electron chi connectivity index (χ0n) is 24.7. The van der Waals surface area contributed by atoms with E-state index < -0.39 is 153 Å². The van der Waals surface area contributed by atoms with Crippen LogP contribution in [-0.2, 0) is 86.8 Å². The van der Waals surface area contributed by atoms with E-state index >= 15 is 0 Å². The van der Waals surface area contributed by atoms with E-state index in [-0.39, 0.29) is 0 Å². The SMILES string of the molecule is N[C@@H]1[C@@H](OS(=O)(=O)O)[C@H](O[C@@H]2O[C@@H](C(=O)O)[C@@H](O[C@H]3O[C@H](COS(=O)(=O)O)[C@@H](O)[C@H](OS(=O)(=O)O)[C@H]3N)[C@H](O)[C@H]2OS(=O)(=O)O)[C@@H](CO)O[C@@H]1O. The van der Waals surface area contributed by atoms with E-state index in [1.807, 2.05) is 0 Å². The number of aliphatic carboxylic acids is 1. The first-order valence-corrected chi connectivity index (χ1v) is 18.8. The van der Waals surface area contributed by atoms with Gasteiger partial charge in [0.15, 0.2) is 31.1 Å². The maximum absolute atomic E-state index is 12.3. The second kappa shape index (κ2) is 16.5. The minimum Gasteiger partial charge on any atom is -0.479 e. The Balaban J connectivity index is 2.03. The highest BCUT2D eigenvalue weighted by atomic mass is 32.3. The number of hydrogen-bond acceptors (Lipinski definition) is 24. The molecule has 0 saturated carbocycles. The average Bonchev–Trinajstić information content (AvgIpc) is 2.96. The second-order valence-corrected chi connectivity index (χ2v) is 14.8. The molecule has 33 heteroatoms. The first-order chi connectivity index (χ1) is 23.1. The summed E-state index contributed by atoms with van der Waals surface area (Å²) < 4.78 is 171. The predicted octanol–water partition coefficient (Wildman–Crippen LogP) is -8.24. The number of rotatable bonds is 15. The van der Waals surface area contributed by atoms with Crippen molar-refractivity contribution in [1.82, 2.24) is 0 Å². The normalized spacial score (nSPS) is 40.2. The molecule has 0 aromatic heterocycles. The van der Waals surface area contributed by atoms with Crippen LogP contribution in [0.25, 0.3) is 0 Å². The maximum Gasteiger partial charge on any atom is 0.397 e. The van der Waals surface area contributed by atoms with Gasteiger partial charge in [-0.1, -0.05) is 0 Å². The molecule has 29 nitrogen and oxygen atoms in total. The van der Waals surface area contributed by atoms with Crippen LogP contribution in [0.15, 0.2) is 0 Å². The fourth-order valence-electron chi connectivity index (χ4n) is 4.96. The van der Waals surface area contributed by atoms with Crippen LogP contribution in [-0.4, -0.2) is 189 Å². The molecule has 0 aliphatic carbocycles. The first-order valence-electron chi connectivity index (χ1n) is 13.4. The van der Waals surface area contributed by atoms with Crippen LogP contribution in [0.5, 0.6) is 0 Å². The monoisotopic (exact) mass is 836 g/mol. The summed E-state index contributed by atoms with van der Waals surface area (Å²) in [4.78, 5) is 12.3. The number of carboxylic acids is 1. The van der Waals surface area contributed by atoms with Gasteiger partial charge in [-0.15, -0.1) is 0 Å². The maximum atomic E-state index is 12.3. The smallest absolute Gasteiger partial charge is 0.397 e. The Morgan fingerprint density at radius 2 is 1.12 bits per heavy atom. The zero-order chi connectivity index (χ0) is 39.0. The van der Waals surface area contributed by atoms with Crippen molar-refractivity contribution in [2.45, 2.75) is 92.0 Å². The molecule has 0 unspecified atom stereocenters. The minimum atomic E-state index is -5.72. The number of ether oxygens (including phenoxy) is 5. The van der Waals surface area contributed by atoms with Crippen molar-refractivity contribution >= 4 is 47.6 Å². The van der Waals surface area contributed by atoms with Gasteiger partial charge < -0.3 is 60.7 Å². The fourth-order valence-corrected chi connectivity index (χ4v) is 6.80. The summed E-state index contributed by atoms with van der Waals surface area (Å²) in [6.45, 7) is -2.56. The Bertz CT molecular complexity index is 1660. The van der Waals surface area contributed by atoms with Gasteiger partial charge in [-0.2, -0.15) is 33.7 Å². The third-order valence-corrected chi connectivity index (χ3v) is 8.87. The standard InChI is InChI=1S/C18H32N2O27S4/c19-5-11(46-50(33,34)35)9(3(1-21)40-16(5)26)42-18-13(47-51(36,37)38)8(23)12(14(44-18)15(24)25)43-17-6(20)10(45-49(30,31)32)7(22)4(41-17)2-39-48(27,28)29/h3-14,16-18,21-23,26H,1-2,19-20H2,(H,24,25)(H,27,28,29)(H,30,31,32)(H,33,34,35)(H,36,37,38)/t3-,4-,5-,6-,7-,8+,9-,10-,11-,12+,13-,14-,16+,17-,18-/m1/s1. The van der Waals surface area contributed by atoms with Gasteiger partial charge in [-0.3, -0.25) is 18.2 Å². The van der Waals surface area contributed by atoms with Gasteiger partial charge in [0.25, 0.3) is 0 Å². The Morgan fingerprint density at radius 1 is 0.608 bits per heavy atom. The molecule has 3 aliphatic rings. The highest BCUT2D eigenvalue weighted by Crippen LogP contribution is 2.35. The molecular formula is C18H32N2O27S4. The number of hydrogen-bond donors (Lipinski definition) is 11. The highest BCUT2D eigenvalue weighted by Gasteiger charge is 2.57.